The number of benzene rings is 1. The zero-order valence-corrected chi connectivity index (χ0v) is 15.1. The van der Waals surface area contributed by atoms with E-state index in [2.05, 4.69) is 71.0 Å². The van der Waals surface area contributed by atoms with Gasteiger partial charge < -0.3 is 9.47 Å². The zero-order valence-electron chi connectivity index (χ0n) is 15.1. The lowest BCUT2D eigenvalue weighted by Gasteiger charge is -2.26. The highest BCUT2D eigenvalue weighted by molar-refractivity contribution is 5.60. The predicted octanol–water partition coefficient (Wildman–Crippen LogP) is 3.20. The molecule has 3 rings (SSSR count). The van der Waals surface area contributed by atoms with Gasteiger partial charge in [0, 0.05) is 25.4 Å². The molecular formula is C19H25N5. The third kappa shape index (κ3) is 3.26. The molecule has 0 aliphatic rings. The van der Waals surface area contributed by atoms with Gasteiger partial charge in [-0.25, -0.2) is 4.98 Å². The van der Waals surface area contributed by atoms with Crippen molar-refractivity contribution in [3.8, 4) is 11.3 Å². The molecule has 2 heterocycles. The normalized spacial score (nSPS) is 12.8. The SMILES string of the molecule is Cc1ccc([C@H](Cn2cncc2-c2cn(C)nc2C)N(C)C)cc1. The highest BCUT2D eigenvalue weighted by atomic mass is 15.3. The largest absolute Gasteiger partial charge is 0.329 e. The van der Waals surface area contributed by atoms with Crippen LogP contribution in [0.25, 0.3) is 11.3 Å². The van der Waals surface area contributed by atoms with E-state index < -0.39 is 0 Å². The zero-order chi connectivity index (χ0) is 17.3. The molecule has 0 bridgehead atoms. The van der Waals surface area contributed by atoms with Gasteiger partial charge in [-0.05, 0) is 33.5 Å². The summed E-state index contributed by atoms with van der Waals surface area (Å²) in [6, 6.07) is 9.06. The van der Waals surface area contributed by atoms with Crippen LogP contribution in [0.15, 0.2) is 43.0 Å². The number of aryl methyl sites for hydroxylation is 3. The van der Waals surface area contributed by atoms with Crippen LogP contribution in [-0.2, 0) is 13.6 Å². The minimum absolute atomic E-state index is 0.288. The van der Waals surface area contributed by atoms with E-state index in [9.17, 15) is 0 Å². The Labute approximate surface area is 143 Å². The Morgan fingerprint density at radius 3 is 2.42 bits per heavy atom. The molecule has 0 unspecified atom stereocenters. The van der Waals surface area contributed by atoms with Crippen LogP contribution in [-0.4, -0.2) is 38.3 Å². The number of rotatable bonds is 5. The summed E-state index contributed by atoms with van der Waals surface area (Å²) in [5.41, 5.74) is 5.87. The maximum atomic E-state index is 4.46. The van der Waals surface area contributed by atoms with E-state index in [1.807, 2.05) is 31.2 Å². The lowest BCUT2D eigenvalue weighted by Crippen LogP contribution is -2.24. The summed E-state index contributed by atoms with van der Waals surface area (Å²) < 4.78 is 4.07. The molecule has 0 N–H and O–H groups in total. The molecule has 0 spiro atoms. The van der Waals surface area contributed by atoms with Crippen molar-refractivity contribution in [2.24, 2.45) is 7.05 Å². The first kappa shape index (κ1) is 16.5. The van der Waals surface area contributed by atoms with Gasteiger partial charge in [-0.3, -0.25) is 4.68 Å². The smallest absolute Gasteiger partial charge is 0.0951 e. The van der Waals surface area contributed by atoms with Gasteiger partial charge in [0.25, 0.3) is 0 Å². The molecule has 5 heteroatoms. The maximum Gasteiger partial charge on any atom is 0.0951 e. The Bertz CT molecular complexity index is 811. The van der Waals surface area contributed by atoms with Gasteiger partial charge >= 0.3 is 0 Å². The minimum atomic E-state index is 0.288. The molecule has 3 aromatic rings. The number of imidazole rings is 1. The summed E-state index contributed by atoms with van der Waals surface area (Å²) in [5, 5.41) is 4.46. The van der Waals surface area contributed by atoms with Crippen molar-refractivity contribution in [1.29, 1.82) is 0 Å². The molecule has 0 saturated carbocycles. The minimum Gasteiger partial charge on any atom is -0.329 e. The Balaban J connectivity index is 1.93. The summed E-state index contributed by atoms with van der Waals surface area (Å²) in [5.74, 6) is 0. The fraction of sp³-hybridized carbons (Fsp3) is 0.368. The highest BCUT2D eigenvalue weighted by Crippen LogP contribution is 2.26. The molecule has 0 saturated heterocycles. The first-order chi connectivity index (χ1) is 11.5. The third-order valence-electron chi connectivity index (χ3n) is 4.46. The van der Waals surface area contributed by atoms with Crippen molar-refractivity contribution >= 4 is 0 Å². The summed E-state index contributed by atoms with van der Waals surface area (Å²) >= 11 is 0. The Morgan fingerprint density at radius 1 is 1.12 bits per heavy atom. The molecule has 0 fully saturated rings. The molecule has 126 valence electrons. The Hall–Kier alpha value is -2.40. The first-order valence-electron chi connectivity index (χ1n) is 8.19. The van der Waals surface area contributed by atoms with E-state index in [0.717, 1.165) is 23.5 Å². The molecule has 0 aliphatic carbocycles. The highest BCUT2D eigenvalue weighted by Gasteiger charge is 2.18. The number of nitrogens with zero attached hydrogens (tertiary/aromatic N) is 5. The van der Waals surface area contributed by atoms with E-state index in [4.69, 9.17) is 0 Å². The molecular weight excluding hydrogens is 298 g/mol. The lowest BCUT2D eigenvalue weighted by atomic mass is 10.0. The van der Waals surface area contributed by atoms with Crippen LogP contribution in [0, 0.1) is 13.8 Å². The lowest BCUT2D eigenvalue weighted by molar-refractivity contribution is 0.269. The molecule has 1 atom stereocenters. The quantitative estimate of drug-likeness (QED) is 0.724. The molecule has 2 aromatic heterocycles. The van der Waals surface area contributed by atoms with Gasteiger partial charge in [0.15, 0.2) is 0 Å². The van der Waals surface area contributed by atoms with Gasteiger partial charge in [0.2, 0.25) is 0 Å². The van der Waals surface area contributed by atoms with E-state index in [1.165, 1.54) is 11.1 Å². The van der Waals surface area contributed by atoms with Gasteiger partial charge in [-0.1, -0.05) is 29.8 Å². The van der Waals surface area contributed by atoms with Gasteiger partial charge in [0.05, 0.1) is 30.0 Å². The van der Waals surface area contributed by atoms with Crippen molar-refractivity contribution in [3.05, 3.63) is 59.8 Å². The Morgan fingerprint density at radius 2 is 1.83 bits per heavy atom. The van der Waals surface area contributed by atoms with Gasteiger partial charge in [-0.15, -0.1) is 0 Å². The van der Waals surface area contributed by atoms with E-state index in [-0.39, 0.29) is 6.04 Å². The fourth-order valence-electron chi connectivity index (χ4n) is 3.08. The standard InChI is InChI=1S/C19H25N5/c1-14-6-8-16(9-7-14)19(22(3)4)12-24-13-20-10-18(24)17-11-23(5)21-15(17)2/h6-11,13,19H,12H2,1-5H3/t19-/m0/s1. The van der Waals surface area contributed by atoms with Crippen LogP contribution in [0.2, 0.25) is 0 Å². The predicted molar refractivity (Wildman–Crippen MR) is 96.8 cm³/mol. The molecule has 0 amide bonds. The van der Waals surface area contributed by atoms with Crippen molar-refractivity contribution in [1.82, 2.24) is 24.2 Å². The number of hydrogen-bond donors (Lipinski definition) is 0. The van der Waals surface area contributed by atoms with Gasteiger partial charge in [0.1, 0.15) is 0 Å². The van der Waals surface area contributed by atoms with Crippen LogP contribution >= 0.6 is 0 Å². The van der Waals surface area contributed by atoms with Crippen LogP contribution in [0.1, 0.15) is 22.9 Å². The monoisotopic (exact) mass is 323 g/mol. The van der Waals surface area contributed by atoms with E-state index in [1.54, 1.807) is 0 Å². The van der Waals surface area contributed by atoms with Crippen molar-refractivity contribution in [2.75, 3.05) is 14.1 Å². The topological polar surface area (TPSA) is 38.9 Å². The summed E-state index contributed by atoms with van der Waals surface area (Å²) in [7, 11) is 6.19. The molecule has 24 heavy (non-hydrogen) atoms. The summed E-state index contributed by atoms with van der Waals surface area (Å²) in [6.07, 6.45) is 5.89. The molecule has 1 aromatic carbocycles. The second-order valence-corrected chi connectivity index (χ2v) is 6.62. The van der Waals surface area contributed by atoms with Crippen LogP contribution in [0.3, 0.4) is 0 Å². The van der Waals surface area contributed by atoms with Crippen LogP contribution < -0.4 is 0 Å². The number of aromatic nitrogens is 4. The average Bonchev–Trinajstić information content (AvgIpc) is 3.11. The Kier molecular flexibility index (Phi) is 4.53. The average molecular weight is 323 g/mol. The first-order valence-corrected chi connectivity index (χ1v) is 8.19. The van der Waals surface area contributed by atoms with E-state index in [0.29, 0.717) is 0 Å². The van der Waals surface area contributed by atoms with Crippen LogP contribution in [0.5, 0.6) is 0 Å². The summed E-state index contributed by atoms with van der Waals surface area (Å²) in [4.78, 5) is 6.63. The summed E-state index contributed by atoms with van der Waals surface area (Å²) in [6.45, 7) is 5.00. The van der Waals surface area contributed by atoms with Crippen molar-refractivity contribution in [3.63, 3.8) is 0 Å². The second-order valence-electron chi connectivity index (χ2n) is 6.62. The molecule has 0 radical (unpaired) electrons. The maximum absolute atomic E-state index is 4.46. The van der Waals surface area contributed by atoms with E-state index >= 15 is 0 Å². The number of hydrogen-bond acceptors (Lipinski definition) is 3. The van der Waals surface area contributed by atoms with Crippen molar-refractivity contribution < 1.29 is 0 Å². The van der Waals surface area contributed by atoms with Crippen molar-refractivity contribution in [2.45, 2.75) is 26.4 Å². The molecule has 5 nitrogen and oxygen atoms in total. The fourth-order valence-corrected chi connectivity index (χ4v) is 3.08. The van der Waals surface area contributed by atoms with Gasteiger partial charge in [-0.2, -0.15) is 5.10 Å². The second kappa shape index (κ2) is 6.61. The van der Waals surface area contributed by atoms with Crippen LogP contribution in [0.4, 0.5) is 0 Å². The molecule has 0 aliphatic heterocycles. The third-order valence-corrected chi connectivity index (χ3v) is 4.46. The number of likely N-dealkylation sites (N-methyl/N-ethyl adjacent to an activating group) is 1.